The summed E-state index contributed by atoms with van der Waals surface area (Å²) in [5.41, 5.74) is 0. The minimum atomic E-state index is -0.649. The highest BCUT2D eigenvalue weighted by atomic mass is 19.1. The molecule has 0 fully saturated rings. The van der Waals surface area contributed by atoms with Gasteiger partial charge in [-0.25, -0.2) is 13.8 Å². The van der Waals surface area contributed by atoms with E-state index in [1.165, 1.54) is 19.3 Å². The standard InChI is InChI=1S/C13H20F2N2/c1-3-4-5-6-7-10(2)17-13-12(15)8-11(14)9-16-13/h8-10H,3-7H2,1-2H3,(H,16,17). The second-order valence-corrected chi connectivity index (χ2v) is 4.38. The molecule has 0 aromatic carbocycles. The maximum absolute atomic E-state index is 13.3. The van der Waals surface area contributed by atoms with Crippen molar-refractivity contribution in [2.24, 2.45) is 0 Å². The molecular weight excluding hydrogens is 222 g/mol. The molecule has 17 heavy (non-hydrogen) atoms. The lowest BCUT2D eigenvalue weighted by atomic mass is 10.1. The van der Waals surface area contributed by atoms with Crippen molar-refractivity contribution in [1.29, 1.82) is 0 Å². The molecule has 1 rings (SSSR count). The number of rotatable bonds is 7. The van der Waals surface area contributed by atoms with Crippen molar-refractivity contribution < 1.29 is 8.78 Å². The van der Waals surface area contributed by atoms with Crippen molar-refractivity contribution in [2.45, 2.75) is 52.0 Å². The number of nitrogens with zero attached hydrogens (tertiary/aromatic N) is 1. The van der Waals surface area contributed by atoms with Gasteiger partial charge in [0.15, 0.2) is 11.6 Å². The van der Waals surface area contributed by atoms with Crippen molar-refractivity contribution in [3.05, 3.63) is 23.9 Å². The van der Waals surface area contributed by atoms with Crippen molar-refractivity contribution in [3.8, 4) is 0 Å². The van der Waals surface area contributed by atoms with Gasteiger partial charge < -0.3 is 5.32 Å². The molecule has 0 saturated carbocycles. The average Bonchev–Trinajstić information content (AvgIpc) is 2.28. The van der Waals surface area contributed by atoms with E-state index < -0.39 is 11.6 Å². The number of nitrogens with one attached hydrogen (secondary N) is 1. The molecular formula is C13H20F2N2. The monoisotopic (exact) mass is 242 g/mol. The number of hydrogen-bond acceptors (Lipinski definition) is 2. The molecule has 0 saturated heterocycles. The molecule has 4 heteroatoms. The van der Waals surface area contributed by atoms with Crippen LogP contribution in [0.4, 0.5) is 14.6 Å². The van der Waals surface area contributed by atoms with E-state index in [4.69, 9.17) is 0 Å². The fourth-order valence-electron chi connectivity index (χ4n) is 1.70. The Bertz CT molecular complexity index is 342. The topological polar surface area (TPSA) is 24.9 Å². The van der Waals surface area contributed by atoms with Gasteiger partial charge in [-0.15, -0.1) is 0 Å². The van der Waals surface area contributed by atoms with Crippen LogP contribution in [-0.2, 0) is 0 Å². The van der Waals surface area contributed by atoms with Gasteiger partial charge in [0.2, 0.25) is 0 Å². The summed E-state index contributed by atoms with van der Waals surface area (Å²) in [5.74, 6) is -1.15. The van der Waals surface area contributed by atoms with Crippen LogP contribution in [0.5, 0.6) is 0 Å². The molecule has 2 nitrogen and oxygen atoms in total. The Morgan fingerprint density at radius 3 is 2.71 bits per heavy atom. The van der Waals surface area contributed by atoms with Crippen LogP contribution in [0.3, 0.4) is 0 Å². The summed E-state index contributed by atoms with van der Waals surface area (Å²) >= 11 is 0. The first-order valence-corrected chi connectivity index (χ1v) is 6.21. The predicted molar refractivity (Wildman–Crippen MR) is 66.0 cm³/mol. The first-order valence-electron chi connectivity index (χ1n) is 6.21. The first kappa shape index (κ1) is 13.9. The zero-order valence-electron chi connectivity index (χ0n) is 10.5. The van der Waals surface area contributed by atoms with E-state index in [1.807, 2.05) is 6.92 Å². The van der Waals surface area contributed by atoms with Gasteiger partial charge in [0.05, 0.1) is 6.20 Å². The molecule has 1 heterocycles. The van der Waals surface area contributed by atoms with Crippen molar-refractivity contribution in [2.75, 3.05) is 5.32 Å². The molecule has 96 valence electrons. The molecule has 1 aromatic heterocycles. The van der Waals surface area contributed by atoms with E-state index in [2.05, 4.69) is 17.2 Å². The van der Waals surface area contributed by atoms with Gasteiger partial charge in [-0.3, -0.25) is 0 Å². The Labute approximate surface area is 101 Å². The number of pyridine rings is 1. The molecule has 1 atom stereocenters. The van der Waals surface area contributed by atoms with Gasteiger partial charge in [0.1, 0.15) is 5.82 Å². The fourth-order valence-corrected chi connectivity index (χ4v) is 1.70. The Balaban J connectivity index is 2.37. The second-order valence-electron chi connectivity index (χ2n) is 4.38. The van der Waals surface area contributed by atoms with Gasteiger partial charge in [0.25, 0.3) is 0 Å². The molecule has 0 aliphatic heterocycles. The molecule has 0 bridgehead atoms. The van der Waals surface area contributed by atoms with E-state index in [0.29, 0.717) is 0 Å². The number of unbranched alkanes of at least 4 members (excludes halogenated alkanes) is 3. The third-order valence-corrected chi connectivity index (χ3v) is 2.68. The second kappa shape index (κ2) is 7.20. The largest absolute Gasteiger partial charge is 0.365 e. The number of halogens is 2. The van der Waals surface area contributed by atoms with Gasteiger partial charge in [0, 0.05) is 12.1 Å². The summed E-state index contributed by atoms with van der Waals surface area (Å²) in [5, 5.41) is 2.96. The molecule has 1 N–H and O–H groups in total. The maximum Gasteiger partial charge on any atom is 0.168 e. The lowest BCUT2D eigenvalue weighted by Gasteiger charge is -2.14. The van der Waals surface area contributed by atoms with E-state index in [-0.39, 0.29) is 11.9 Å². The van der Waals surface area contributed by atoms with E-state index in [9.17, 15) is 8.78 Å². The third-order valence-electron chi connectivity index (χ3n) is 2.68. The molecule has 0 aliphatic rings. The summed E-state index contributed by atoms with van der Waals surface area (Å²) in [6.45, 7) is 4.15. The number of anilines is 1. The van der Waals surface area contributed by atoms with Crippen molar-refractivity contribution >= 4 is 5.82 Å². The molecule has 0 radical (unpaired) electrons. The molecule has 1 aromatic rings. The minimum absolute atomic E-state index is 0.134. The van der Waals surface area contributed by atoms with Crippen LogP contribution in [0.15, 0.2) is 12.3 Å². The first-order chi connectivity index (χ1) is 8.13. The van der Waals surface area contributed by atoms with E-state index in [1.54, 1.807) is 0 Å². The van der Waals surface area contributed by atoms with E-state index in [0.717, 1.165) is 25.1 Å². The molecule has 1 unspecified atom stereocenters. The number of aromatic nitrogens is 1. The Morgan fingerprint density at radius 2 is 2.06 bits per heavy atom. The van der Waals surface area contributed by atoms with Gasteiger partial charge in [-0.05, 0) is 13.3 Å². The van der Waals surface area contributed by atoms with Crippen LogP contribution in [-0.4, -0.2) is 11.0 Å². The smallest absolute Gasteiger partial charge is 0.168 e. The third kappa shape index (κ3) is 5.11. The summed E-state index contributed by atoms with van der Waals surface area (Å²) in [4.78, 5) is 3.70. The molecule has 0 spiro atoms. The Hall–Kier alpha value is -1.19. The SMILES string of the molecule is CCCCCCC(C)Nc1ncc(F)cc1F. The predicted octanol–water partition coefficient (Wildman–Crippen LogP) is 4.13. The quantitative estimate of drug-likeness (QED) is 0.727. The van der Waals surface area contributed by atoms with Crippen molar-refractivity contribution in [3.63, 3.8) is 0 Å². The summed E-state index contributed by atoms with van der Waals surface area (Å²) in [7, 11) is 0. The zero-order valence-corrected chi connectivity index (χ0v) is 10.5. The number of hydrogen-bond donors (Lipinski definition) is 1. The van der Waals surface area contributed by atoms with Crippen LogP contribution in [0, 0.1) is 11.6 Å². The minimum Gasteiger partial charge on any atom is -0.365 e. The van der Waals surface area contributed by atoms with Crippen LogP contribution in [0.25, 0.3) is 0 Å². The van der Waals surface area contributed by atoms with Crippen LogP contribution < -0.4 is 5.32 Å². The van der Waals surface area contributed by atoms with E-state index >= 15 is 0 Å². The Kier molecular flexibility index (Phi) is 5.87. The van der Waals surface area contributed by atoms with Gasteiger partial charge in [-0.2, -0.15) is 0 Å². The highest BCUT2D eigenvalue weighted by Crippen LogP contribution is 2.14. The van der Waals surface area contributed by atoms with Crippen molar-refractivity contribution in [1.82, 2.24) is 4.98 Å². The molecule has 0 amide bonds. The summed E-state index contributed by atoms with van der Waals surface area (Å²) < 4.78 is 25.9. The van der Waals surface area contributed by atoms with Gasteiger partial charge >= 0.3 is 0 Å². The lowest BCUT2D eigenvalue weighted by molar-refractivity contribution is 0.564. The molecule has 0 aliphatic carbocycles. The summed E-state index contributed by atoms with van der Waals surface area (Å²) in [6, 6.07) is 0.999. The average molecular weight is 242 g/mol. The van der Waals surface area contributed by atoms with Crippen LogP contribution in [0.2, 0.25) is 0 Å². The highest BCUT2D eigenvalue weighted by Gasteiger charge is 2.08. The zero-order chi connectivity index (χ0) is 12.7. The van der Waals surface area contributed by atoms with Crippen LogP contribution >= 0.6 is 0 Å². The Morgan fingerprint density at radius 1 is 1.29 bits per heavy atom. The highest BCUT2D eigenvalue weighted by molar-refractivity contribution is 5.36. The maximum atomic E-state index is 13.3. The lowest BCUT2D eigenvalue weighted by Crippen LogP contribution is -2.17. The summed E-state index contributed by atoms with van der Waals surface area (Å²) in [6.07, 6.45) is 6.74. The fraction of sp³-hybridized carbons (Fsp3) is 0.615. The normalized spacial score (nSPS) is 12.5. The van der Waals surface area contributed by atoms with Crippen LogP contribution in [0.1, 0.15) is 46.0 Å². The van der Waals surface area contributed by atoms with Gasteiger partial charge in [-0.1, -0.05) is 32.6 Å².